The largest absolute Gasteiger partial charge is 0.314 e. The summed E-state index contributed by atoms with van der Waals surface area (Å²) < 4.78 is 14.3. The smallest absolute Gasteiger partial charge is 0.124 e. The first-order valence-electron chi connectivity index (χ1n) is 7.80. The number of halogens is 2. The Morgan fingerprint density at radius 1 is 1.30 bits per heavy atom. The van der Waals surface area contributed by atoms with Crippen molar-refractivity contribution < 1.29 is 4.39 Å². The van der Waals surface area contributed by atoms with Gasteiger partial charge in [0.1, 0.15) is 5.82 Å². The molecule has 3 atom stereocenters. The third-order valence-electron chi connectivity index (χ3n) is 4.57. The lowest BCUT2D eigenvalue weighted by Gasteiger charge is -2.25. The number of rotatable bonds is 6. The summed E-state index contributed by atoms with van der Waals surface area (Å²) in [5, 5.41) is 3.62. The Bertz CT molecular complexity index is 415. The first kappa shape index (κ1) is 16.0. The van der Waals surface area contributed by atoms with E-state index in [4.69, 9.17) is 0 Å². The quantitative estimate of drug-likeness (QED) is 0.772. The molecule has 112 valence electrons. The zero-order chi connectivity index (χ0) is 14.5. The third-order valence-corrected chi connectivity index (χ3v) is 5.03. The molecule has 1 N–H and O–H groups in total. The molecule has 1 aliphatic rings. The van der Waals surface area contributed by atoms with Crippen LogP contribution in [0.5, 0.6) is 0 Å². The summed E-state index contributed by atoms with van der Waals surface area (Å²) in [6.07, 6.45) is 6.21. The first-order valence-corrected chi connectivity index (χ1v) is 8.60. The molecule has 1 aromatic carbocycles. The molecule has 3 heteroatoms. The Kier molecular flexibility index (Phi) is 6.03. The van der Waals surface area contributed by atoms with Gasteiger partial charge in [0.25, 0.3) is 0 Å². The van der Waals surface area contributed by atoms with Gasteiger partial charge in [0, 0.05) is 10.5 Å². The third kappa shape index (κ3) is 4.29. The van der Waals surface area contributed by atoms with Crippen LogP contribution in [0.2, 0.25) is 0 Å². The van der Waals surface area contributed by atoms with Crippen molar-refractivity contribution in [2.24, 2.45) is 11.8 Å². The second-order valence-corrected chi connectivity index (χ2v) is 6.91. The molecule has 0 amide bonds. The minimum atomic E-state index is -0.150. The summed E-state index contributed by atoms with van der Waals surface area (Å²) in [5.41, 5.74) is 1.09. The second-order valence-electron chi connectivity index (χ2n) is 5.99. The Labute approximate surface area is 130 Å². The maximum Gasteiger partial charge on any atom is 0.124 e. The van der Waals surface area contributed by atoms with Crippen LogP contribution < -0.4 is 5.32 Å². The van der Waals surface area contributed by atoms with E-state index >= 15 is 0 Å². The van der Waals surface area contributed by atoms with E-state index in [-0.39, 0.29) is 5.82 Å². The fourth-order valence-electron chi connectivity index (χ4n) is 3.50. The lowest BCUT2D eigenvalue weighted by Crippen LogP contribution is -2.37. The summed E-state index contributed by atoms with van der Waals surface area (Å²) in [6.45, 7) is 5.42. The number of benzene rings is 1. The summed E-state index contributed by atoms with van der Waals surface area (Å²) >= 11 is 3.39. The monoisotopic (exact) mass is 341 g/mol. The predicted molar refractivity (Wildman–Crippen MR) is 86.4 cm³/mol. The number of hydrogen-bond acceptors (Lipinski definition) is 1. The molecule has 1 aliphatic carbocycles. The van der Waals surface area contributed by atoms with E-state index in [1.54, 1.807) is 6.07 Å². The van der Waals surface area contributed by atoms with Crippen LogP contribution in [0.25, 0.3) is 0 Å². The molecule has 0 aromatic heterocycles. The van der Waals surface area contributed by atoms with Crippen LogP contribution in [0.3, 0.4) is 0 Å². The molecule has 1 fully saturated rings. The highest BCUT2D eigenvalue weighted by Crippen LogP contribution is 2.36. The van der Waals surface area contributed by atoms with Crippen molar-refractivity contribution in [3.05, 3.63) is 34.1 Å². The van der Waals surface area contributed by atoms with E-state index in [1.807, 2.05) is 6.07 Å². The molecule has 0 aliphatic heterocycles. The highest BCUT2D eigenvalue weighted by molar-refractivity contribution is 9.10. The zero-order valence-corrected chi connectivity index (χ0v) is 14.0. The molecule has 0 heterocycles. The minimum absolute atomic E-state index is 0.150. The van der Waals surface area contributed by atoms with Crippen molar-refractivity contribution in [2.45, 2.75) is 52.0 Å². The molecule has 1 nitrogen and oxygen atoms in total. The predicted octanol–water partition coefficient (Wildman–Crippen LogP) is 4.94. The number of nitrogens with one attached hydrogen (secondary N) is 1. The molecule has 1 aromatic rings. The van der Waals surface area contributed by atoms with E-state index in [1.165, 1.54) is 31.7 Å². The molecule has 0 spiro atoms. The Morgan fingerprint density at radius 3 is 2.70 bits per heavy atom. The van der Waals surface area contributed by atoms with Gasteiger partial charge in [-0.2, -0.15) is 0 Å². The summed E-state index contributed by atoms with van der Waals surface area (Å²) in [4.78, 5) is 0. The molecule has 0 saturated heterocycles. The number of likely N-dealkylation sites (N-methyl/N-ethyl adjacent to an activating group) is 1. The van der Waals surface area contributed by atoms with Gasteiger partial charge in [-0.05, 0) is 61.4 Å². The Morgan fingerprint density at radius 2 is 2.10 bits per heavy atom. The molecule has 2 rings (SSSR count). The van der Waals surface area contributed by atoms with Gasteiger partial charge >= 0.3 is 0 Å². The summed E-state index contributed by atoms with van der Waals surface area (Å²) in [7, 11) is 0. The molecule has 0 bridgehead atoms. The van der Waals surface area contributed by atoms with Gasteiger partial charge in [0.15, 0.2) is 0 Å². The minimum Gasteiger partial charge on any atom is -0.314 e. The van der Waals surface area contributed by atoms with Crippen molar-refractivity contribution >= 4 is 15.9 Å². The molecule has 20 heavy (non-hydrogen) atoms. The topological polar surface area (TPSA) is 12.0 Å². The van der Waals surface area contributed by atoms with Crippen molar-refractivity contribution in [1.82, 2.24) is 5.32 Å². The zero-order valence-electron chi connectivity index (χ0n) is 12.5. The summed E-state index contributed by atoms with van der Waals surface area (Å²) in [6, 6.07) is 5.71. The highest BCUT2D eigenvalue weighted by Gasteiger charge is 2.29. The van der Waals surface area contributed by atoms with Crippen LogP contribution in [0.4, 0.5) is 4.39 Å². The normalized spacial score (nSPS) is 24.0. The average Bonchev–Trinajstić information content (AvgIpc) is 2.85. The van der Waals surface area contributed by atoms with Crippen LogP contribution >= 0.6 is 15.9 Å². The van der Waals surface area contributed by atoms with Crippen LogP contribution in [-0.2, 0) is 6.42 Å². The van der Waals surface area contributed by atoms with Crippen molar-refractivity contribution in [3.63, 3.8) is 0 Å². The fourth-order valence-corrected chi connectivity index (χ4v) is 4.01. The Balaban J connectivity index is 2.05. The summed E-state index contributed by atoms with van der Waals surface area (Å²) in [5.74, 6) is 1.48. The molecule has 0 radical (unpaired) electrons. The van der Waals surface area contributed by atoms with E-state index in [0.717, 1.165) is 34.8 Å². The van der Waals surface area contributed by atoms with E-state index in [9.17, 15) is 4.39 Å². The average molecular weight is 342 g/mol. The highest BCUT2D eigenvalue weighted by atomic mass is 79.9. The van der Waals surface area contributed by atoms with Crippen LogP contribution in [0, 0.1) is 17.7 Å². The van der Waals surface area contributed by atoms with Gasteiger partial charge in [0.2, 0.25) is 0 Å². The van der Waals surface area contributed by atoms with Gasteiger partial charge in [-0.15, -0.1) is 0 Å². The Hall–Kier alpha value is -0.410. The molecule has 3 unspecified atom stereocenters. The van der Waals surface area contributed by atoms with Gasteiger partial charge in [-0.25, -0.2) is 4.39 Å². The van der Waals surface area contributed by atoms with Gasteiger partial charge in [-0.1, -0.05) is 42.6 Å². The maximum absolute atomic E-state index is 13.5. The van der Waals surface area contributed by atoms with Crippen LogP contribution in [-0.4, -0.2) is 12.6 Å². The lowest BCUT2D eigenvalue weighted by molar-refractivity contribution is 0.348. The number of hydrogen-bond donors (Lipinski definition) is 1. The van der Waals surface area contributed by atoms with Gasteiger partial charge in [-0.3, -0.25) is 0 Å². The fraction of sp³-hybridized carbons (Fsp3) is 0.647. The van der Waals surface area contributed by atoms with Gasteiger partial charge < -0.3 is 5.32 Å². The maximum atomic E-state index is 13.5. The van der Waals surface area contributed by atoms with E-state index in [0.29, 0.717) is 6.04 Å². The molecular formula is C17H25BrFN. The standard InChI is InChI=1S/C17H25BrFN/c1-3-12-5-6-14(7-12)17(20-4-2)10-13-8-15(18)11-16(19)9-13/h8-9,11-12,14,17,20H,3-7,10H2,1-2H3. The van der Waals surface area contributed by atoms with Crippen LogP contribution in [0.15, 0.2) is 22.7 Å². The van der Waals surface area contributed by atoms with Crippen molar-refractivity contribution in [1.29, 1.82) is 0 Å². The second kappa shape index (κ2) is 7.56. The van der Waals surface area contributed by atoms with E-state index < -0.39 is 0 Å². The first-order chi connectivity index (χ1) is 9.62. The lowest BCUT2D eigenvalue weighted by atomic mass is 9.91. The van der Waals surface area contributed by atoms with Crippen molar-refractivity contribution in [3.8, 4) is 0 Å². The van der Waals surface area contributed by atoms with Crippen molar-refractivity contribution in [2.75, 3.05) is 6.54 Å². The SMILES string of the molecule is CCNC(Cc1cc(F)cc(Br)c1)C1CCC(CC)C1. The van der Waals surface area contributed by atoms with Gasteiger partial charge in [0.05, 0.1) is 0 Å². The van der Waals surface area contributed by atoms with Crippen LogP contribution in [0.1, 0.15) is 45.1 Å². The molecular weight excluding hydrogens is 317 g/mol. The van der Waals surface area contributed by atoms with E-state index in [2.05, 4.69) is 35.1 Å². The molecule has 1 saturated carbocycles.